The van der Waals surface area contributed by atoms with E-state index < -0.39 is 17.7 Å². The third-order valence-electron chi connectivity index (χ3n) is 6.96. The van der Waals surface area contributed by atoms with Crippen LogP contribution >= 0.6 is 23.1 Å². The number of anilines is 1. The van der Waals surface area contributed by atoms with E-state index in [0.29, 0.717) is 33.4 Å². The Hall–Kier alpha value is -4.41. The quantitative estimate of drug-likeness (QED) is 0.0595. The first kappa shape index (κ1) is 27.7. The van der Waals surface area contributed by atoms with Gasteiger partial charge in [0.05, 0.1) is 11.6 Å². The molecule has 10 heteroatoms. The topological polar surface area (TPSA) is 102 Å². The summed E-state index contributed by atoms with van der Waals surface area (Å²) in [4.78, 5) is 28.6. The van der Waals surface area contributed by atoms with Crippen molar-refractivity contribution in [1.82, 2.24) is 10.2 Å². The summed E-state index contributed by atoms with van der Waals surface area (Å²) in [7, 11) is 0. The van der Waals surface area contributed by atoms with Gasteiger partial charge in [0.25, 0.3) is 5.78 Å². The van der Waals surface area contributed by atoms with Crippen molar-refractivity contribution in [3.8, 4) is 11.5 Å². The van der Waals surface area contributed by atoms with Crippen molar-refractivity contribution in [3.05, 3.63) is 113 Å². The summed E-state index contributed by atoms with van der Waals surface area (Å²) in [5, 5.41) is 20.4. The molecule has 2 aliphatic rings. The monoisotopic (exact) mass is 597 g/mol. The first-order valence-electron chi connectivity index (χ1n) is 13.4. The summed E-state index contributed by atoms with van der Waals surface area (Å²) in [6, 6.07) is 21.4. The third kappa shape index (κ3) is 5.43. The molecule has 0 spiro atoms. The van der Waals surface area contributed by atoms with E-state index in [2.05, 4.69) is 16.8 Å². The minimum atomic E-state index is -0.944. The van der Waals surface area contributed by atoms with Crippen LogP contribution in [-0.2, 0) is 21.8 Å². The van der Waals surface area contributed by atoms with Crippen LogP contribution in [0.15, 0.2) is 95.4 Å². The average Bonchev–Trinajstić information content (AvgIpc) is 3.70. The summed E-state index contributed by atoms with van der Waals surface area (Å²) in [5.74, 6) is 0.127. The van der Waals surface area contributed by atoms with Gasteiger partial charge < -0.3 is 14.6 Å². The molecule has 1 saturated heterocycles. The number of carbonyl (C=O) groups is 2. The van der Waals surface area contributed by atoms with Gasteiger partial charge in [0.1, 0.15) is 30.0 Å². The van der Waals surface area contributed by atoms with Crippen LogP contribution in [0, 0.1) is 0 Å². The van der Waals surface area contributed by atoms with E-state index in [1.807, 2.05) is 43.3 Å². The Morgan fingerprint density at radius 2 is 1.98 bits per heavy atom. The summed E-state index contributed by atoms with van der Waals surface area (Å²) in [6.07, 6.45) is 2.34. The fraction of sp³-hybridized carbons (Fsp3) is 0.188. The molecule has 212 valence electrons. The number of amides is 1. The number of Topliss-reactive ketones (excluding diaryl/α,β-unsaturated/α-hetero) is 1. The average molecular weight is 598 g/mol. The predicted octanol–water partition coefficient (Wildman–Crippen LogP) is 6.34. The molecular weight excluding hydrogens is 571 g/mol. The van der Waals surface area contributed by atoms with Gasteiger partial charge >= 0.3 is 5.91 Å². The number of aliphatic hydroxyl groups is 1. The molecule has 1 aromatic heterocycles. The summed E-state index contributed by atoms with van der Waals surface area (Å²) >= 11 is 2.72. The highest BCUT2D eigenvalue weighted by molar-refractivity contribution is 8.00. The highest BCUT2D eigenvalue weighted by Crippen LogP contribution is 2.45. The van der Waals surface area contributed by atoms with Crippen molar-refractivity contribution in [2.45, 2.75) is 35.6 Å². The molecule has 0 saturated carbocycles. The maximum absolute atomic E-state index is 13.6. The molecule has 1 N–H and O–H groups in total. The minimum Gasteiger partial charge on any atom is -0.507 e. The molecular formula is C32H27N3O5S2. The Morgan fingerprint density at radius 1 is 1.14 bits per heavy atom. The number of aliphatic hydroxyl groups excluding tert-OH is 1. The number of aromatic nitrogens is 2. The number of carbonyl (C=O) groups excluding carboxylic acids is 2. The summed E-state index contributed by atoms with van der Waals surface area (Å²) < 4.78 is 12.2. The molecule has 6 rings (SSSR count). The van der Waals surface area contributed by atoms with Crippen LogP contribution in [0.25, 0.3) is 5.76 Å². The van der Waals surface area contributed by atoms with Crippen molar-refractivity contribution in [1.29, 1.82) is 0 Å². The van der Waals surface area contributed by atoms with E-state index in [9.17, 15) is 14.7 Å². The van der Waals surface area contributed by atoms with Crippen molar-refractivity contribution < 1.29 is 24.2 Å². The zero-order valence-corrected chi connectivity index (χ0v) is 24.4. The predicted molar refractivity (Wildman–Crippen MR) is 163 cm³/mol. The Morgan fingerprint density at radius 3 is 2.79 bits per heavy atom. The van der Waals surface area contributed by atoms with Crippen LogP contribution in [0.1, 0.15) is 35.2 Å². The SMILES string of the molecule is C=CCOc1cccc(C2/C(=C(\O)c3ccc4c(c3)CC(C)O4)C(=O)C(=O)N2c2nnc(SCc3ccccc3)s2)c1. The third-order valence-corrected chi connectivity index (χ3v) is 9.09. The standard InChI is InChI=1S/C32H27N3O5S2/c1-3-14-39-24-11-7-10-21(17-24)27-26(28(36)22-12-13-25-23(16-22)15-19(2)40-25)29(37)30(38)35(27)31-33-34-32(42-31)41-18-20-8-5-4-6-9-20/h3-13,16-17,19,27,36H,1,14-15,18H2,2H3/b28-26+. The van der Waals surface area contributed by atoms with Crippen molar-refractivity contribution >= 4 is 45.7 Å². The van der Waals surface area contributed by atoms with Gasteiger partial charge in [-0.2, -0.15) is 0 Å². The number of ether oxygens (including phenoxy) is 2. The summed E-state index contributed by atoms with van der Waals surface area (Å²) in [6.45, 7) is 5.96. The highest BCUT2D eigenvalue weighted by Gasteiger charge is 2.48. The van der Waals surface area contributed by atoms with Crippen molar-refractivity contribution in [2.75, 3.05) is 11.5 Å². The lowest BCUT2D eigenvalue weighted by Crippen LogP contribution is -2.29. The molecule has 3 heterocycles. The molecule has 1 amide bonds. The van der Waals surface area contributed by atoms with Crippen molar-refractivity contribution in [3.63, 3.8) is 0 Å². The first-order chi connectivity index (χ1) is 20.4. The van der Waals surface area contributed by atoms with Crippen molar-refractivity contribution in [2.24, 2.45) is 0 Å². The van der Waals surface area contributed by atoms with E-state index in [1.54, 1.807) is 42.5 Å². The second-order valence-electron chi connectivity index (χ2n) is 9.92. The van der Waals surface area contributed by atoms with Crippen LogP contribution in [0.5, 0.6) is 11.5 Å². The van der Waals surface area contributed by atoms with E-state index in [0.717, 1.165) is 16.9 Å². The van der Waals surface area contributed by atoms with Gasteiger partial charge in [0.2, 0.25) is 5.13 Å². The highest BCUT2D eigenvalue weighted by atomic mass is 32.2. The zero-order chi connectivity index (χ0) is 29.2. The molecule has 0 aliphatic carbocycles. The van der Waals surface area contributed by atoms with E-state index >= 15 is 0 Å². The molecule has 8 nitrogen and oxygen atoms in total. The number of fused-ring (bicyclic) bond motifs is 1. The van der Waals surface area contributed by atoms with Crippen LogP contribution in [0.2, 0.25) is 0 Å². The van der Waals surface area contributed by atoms with E-state index in [-0.39, 0.29) is 29.2 Å². The van der Waals surface area contributed by atoms with Crippen LogP contribution in [0.4, 0.5) is 5.13 Å². The molecule has 0 radical (unpaired) electrons. The second-order valence-corrected chi connectivity index (χ2v) is 12.1. The molecule has 3 aromatic carbocycles. The molecule has 2 aliphatic heterocycles. The molecule has 42 heavy (non-hydrogen) atoms. The zero-order valence-electron chi connectivity index (χ0n) is 22.7. The number of nitrogens with zero attached hydrogens (tertiary/aromatic N) is 3. The van der Waals surface area contributed by atoms with Gasteiger partial charge in [0.15, 0.2) is 4.34 Å². The Kier molecular flexibility index (Phi) is 7.82. The molecule has 2 unspecified atom stereocenters. The Balaban J connectivity index is 1.41. The largest absolute Gasteiger partial charge is 0.507 e. The Bertz CT molecular complexity index is 1700. The number of hydrogen-bond acceptors (Lipinski definition) is 9. The van der Waals surface area contributed by atoms with Gasteiger partial charge in [-0.1, -0.05) is 78.2 Å². The molecule has 0 bridgehead atoms. The normalized spacial score (nSPS) is 19.0. The lowest BCUT2D eigenvalue weighted by atomic mass is 9.94. The molecule has 2 atom stereocenters. The number of benzene rings is 3. The van der Waals surface area contributed by atoms with Gasteiger partial charge in [-0.05, 0) is 53.9 Å². The van der Waals surface area contributed by atoms with Crippen LogP contribution in [0.3, 0.4) is 0 Å². The fourth-order valence-corrected chi connectivity index (χ4v) is 6.90. The molecule has 4 aromatic rings. The van der Waals surface area contributed by atoms with Crippen LogP contribution in [-0.4, -0.2) is 39.7 Å². The smallest absolute Gasteiger partial charge is 0.301 e. The first-order valence-corrected chi connectivity index (χ1v) is 15.2. The molecule has 1 fully saturated rings. The number of rotatable bonds is 9. The minimum absolute atomic E-state index is 0.0210. The van der Waals surface area contributed by atoms with Gasteiger partial charge in [0, 0.05) is 17.7 Å². The number of thioether (sulfide) groups is 1. The van der Waals surface area contributed by atoms with Crippen LogP contribution < -0.4 is 14.4 Å². The Labute approximate surface area is 251 Å². The maximum Gasteiger partial charge on any atom is 0.301 e. The fourth-order valence-electron chi connectivity index (χ4n) is 5.08. The number of hydrogen-bond donors (Lipinski definition) is 1. The number of ketones is 1. The second kappa shape index (κ2) is 11.8. The maximum atomic E-state index is 13.6. The van der Waals surface area contributed by atoms with Gasteiger partial charge in [-0.3, -0.25) is 14.5 Å². The lowest BCUT2D eigenvalue weighted by Gasteiger charge is -2.23. The lowest BCUT2D eigenvalue weighted by molar-refractivity contribution is -0.132. The van der Waals surface area contributed by atoms with E-state index in [1.165, 1.54) is 28.0 Å². The van der Waals surface area contributed by atoms with Gasteiger partial charge in [-0.25, -0.2) is 0 Å². The summed E-state index contributed by atoms with van der Waals surface area (Å²) in [5.41, 5.74) is 3.06. The van der Waals surface area contributed by atoms with Gasteiger partial charge in [-0.15, -0.1) is 10.2 Å². The van der Waals surface area contributed by atoms with E-state index in [4.69, 9.17) is 9.47 Å².